The minimum atomic E-state index is -3.46. The zero-order valence-corrected chi connectivity index (χ0v) is 25.7. The van der Waals surface area contributed by atoms with Crippen molar-refractivity contribution in [2.45, 2.75) is 45.2 Å². The summed E-state index contributed by atoms with van der Waals surface area (Å²) >= 11 is 1.39. The summed E-state index contributed by atoms with van der Waals surface area (Å²) in [5, 5.41) is 1.74. The second-order valence-corrected chi connectivity index (χ2v) is 13.0. The molecular weight excluding hydrogens is 623 g/mol. The van der Waals surface area contributed by atoms with E-state index in [1.54, 1.807) is 12.3 Å². The summed E-state index contributed by atoms with van der Waals surface area (Å²) in [6, 6.07) is 2.16. The normalized spacial score (nSPS) is 21.8. The fourth-order valence-electron chi connectivity index (χ4n) is 7.27. The second kappa shape index (κ2) is 10.3. The fourth-order valence-corrected chi connectivity index (χ4v) is 8.44. The highest BCUT2D eigenvalue weighted by Crippen LogP contribution is 2.57. The average Bonchev–Trinajstić information content (AvgIpc) is 3.36. The number of nitrogens with one attached hydrogen (secondary N) is 1. The smallest absolute Gasteiger partial charge is 0.434 e. The van der Waals surface area contributed by atoms with Gasteiger partial charge in [-0.05, 0) is 65.0 Å². The molecule has 0 saturated carbocycles. The molecule has 0 radical (unpaired) electrons. The number of carbonyl (C=O) groups is 2. The van der Waals surface area contributed by atoms with Crippen molar-refractivity contribution in [3.05, 3.63) is 78.5 Å². The molecule has 1 unspecified atom stereocenters. The number of morpholine rings is 1. The van der Waals surface area contributed by atoms with Gasteiger partial charge in [0.1, 0.15) is 12.0 Å². The molecule has 13 heteroatoms. The Morgan fingerprint density at radius 3 is 2.87 bits per heavy atom. The maximum absolute atomic E-state index is 16.2. The van der Waals surface area contributed by atoms with E-state index in [0.29, 0.717) is 23.1 Å². The first-order valence-electron chi connectivity index (χ1n) is 15.1. The van der Waals surface area contributed by atoms with Gasteiger partial charge in [-0.1, -0.05) is 19.1 Å². The summed E-state index contributed by atoms with van der Waals surface area (Å²) in [7, 11) is 0. The Labute approximate surface area is 264 Å². The van der Waals surface area contributed by atoms with Crippen LogP contribution in [-0.2, 0) is 28.2 Å². The van der Waals surface area contributed by atoms with Crippen molar-refractivity contribution in [1.82, 2.24) is 9.58 Å². The number of aromatic nitrogens is 1. The van der Waals surface area contributed by atoms with E-state index in [1.807, 2.05) is 6.08 Å². The molecule has 238 valence electrons. The number of ether oxygens (including phenoxy) is 3. The first-order chi connectivity index (χ1) is 22.1. The lowest BCUT2D eigenvalue weighted by Gasteiger charge is -2.42. The van der Waals surface area contributed by atoms with Crippen LogP contribution in [0.15, 0.2) is 40.0 Å². The third-order valence-corrected chi connectivity index (χ3v) is 10.3. The van der Waals surface area contributed by atoms with Crippen LogP contribution in [-0.4, -0.2) is 54.2 Å². The van der Waals surface area contributed by atoms with Gasteiger partial charge in [-0.2, -0.15) is 0 Å². The predicted molar refractivity (Wildman–Crippen MR) is 163 cm³/mol. The highest BCUT2D eigenvalue weighted by atomic mass is 32.1. The molecular formula is C33H28F3N3O6S. The summed E-state index contributed by atoms with van der Waals surface area (Å²) in [6.45, 7) is 4.19. The van der Waals surface area contributed by atoms with Crippen molar-refractivity contribution >= 4 is 29.0 Å². The molecule has 0 bridgehead atoms. The van der Waals surface area contributed by atoms with Gasteiger partial charge in [0.15, 0.2) is 5.69 Å². The number of rotatable bonds is 3. The summed E-state index contributed by atoms with van der Waals surface area (Å²) in [4.78, 5) is 42.3. The van der Waals surface area contributed by atoms with Gasteiger partial charge in [-0.15, -0.1) is 11.3 Å². The standard InChI is InChI=1S/C33H28F3N3O6S/c1-3-44-32(42)45-29-23(40)11-22(39-28(29)31(41)38-6-7-43-13-24(38)37-39)19-10-21(34)27-26-20(19)9-16-5-4-15(2)8-18(16)30-25(26)17(14-46-30)12-33(27,35)36/h4-5,10-11,14-15,24,37H,3,6-9,12-13H2,1-2H3/t15?,24-/m0/s1. The van der Waals surface area contributed by atoms with E-state index >= 15 is 13.2 Å². The van der Waals surface area contributed by atoms with E-state index in [4.69, 9.17) is 14.2 Å². The number of thiophene rings is 1. The Hall–Kier alpha value is -4.36. The SMILES string of the molecule is CCOC(=O)Oc1c2n(c(-c3cc(F)c4c5c3CC3=C(CC(C)C=C3)c3scc(c3-5)CC4(F)F)cc1=O)N[C@@H]1COCCN1C2=O. The number of fused-ring (bicyclic) bond motifs is 3. The number of pyridine rings is 1. The van der Waals surface area contributed by atoms with Crippen LogP contribution in [0.2, 0.25) is 0 Å². The number of hydrogen-bond acceptors (Lipinski definition) is 8. The average molecular weight is 652 g/mol. The Morgan fingerprint density at radius 2 is 2.07 bits per heavy atom. The molecule has 2 atom stereocenters. The van der Waals surface area contributed by atoms with Crippen molar-refractivity contribution in [1.29, 1.82) is 0 Å². The van der Waals surface area contributed by atoms with Crippen molar-refractivity contribution in [2.24, 2.45) is 5.92 Å². The van der Waals surface area contributed by atoms with Crippen LogP contribution in [0.1, 0.15) is 52.3 Å². The monoisotopic (exact) mass is 651 g/mol. The molecule has 5 aliphatic rings. The van der Waals surface area contributed by atoms with E-state index in [9.17, 15) is 14.4 Å². The second-order valence-electron chi connectivity index (χ2n) is 12.1. The third kappa shape index (κ3) is 4.20. The van der Waals surface area contributed by atoms with E-state index in [-0.39, 0.29) is 61.2 Å². The van der Waals surface area contributed by atoms with Gasteiger partial charge in [0.05, 0.1) is 31.1 Å². The van der Waals surface area contributed by atoms with Gasteiger partial charge in [0.25, 0.3) is 11.8 Å². The molecule has 2 aromatic heterocycles. The number of amides is 1. The maximum atomic E-state index is 16.2. The number of carbonyl (C=O) groups excluding carboxylic acids is 2. The van der Waals surface area contributed by atoms with Crippen LogP contribution in [0.4, 0.5) is 18.0 Å². The van der Waals surface area contributed by atoms with Gasteiger partial charge < -0.3 is 24.5 Å². The first kappa shape index (κ1) is 29.1. The summed E-state index contributed by atoms with van der Waals surface area (Å²) in [6.07, 6.45) is 2.53. The van der Waals surface area contributed by atoms with Crippen LogP contribution < -0.4 is 15.6 Å². The number of nitrogens with zero attached hydrogens (tertiary/aromatic N) is 2. The van der Waals surface area contributed by atoms with Gasteiger partial charge in [0.2, 0.25) is 11.2 Å². The summed E-state index contributed by atoms with van der Waals surface area (Å²) < 4.78 is 64.9. The lowest BCUT2D eigenvalue weighted by molar-refractivity contribution is -0.00822. The molecule has 8 rings (SSSR count). The van der Waals surface area contributed by atoms with Crippen molar-refractivity contribution < 1.29 is 37.0 Å². The van der Waals surface area contributed by atoms with Crippen molar-refractivity contribution in [3.8, 4) is 28.1 Å². The predicted octanol–water partition coefficient (Wildman–Crippen LogP) is 5.83. The third-order valence-electron chi connectivity index (χ3n) is 9.23. The molecule has 1 saturated heterocycles. The summed E-state index contributed by atoms with van der Waals surface area (Å²) in [5.41, 5.74) is 5.21. The van der Waals surface area contributed by atoms with Crippen LogP contribution in [0.5, 0.6) is 5.75 Å². The molecule has 1 N–H and O–H groups in total. The van der Waals surface area contributed by atoms with Gasteiger partial charge in [0, 0.05) is 35.0 Å². The highest BCUT2D eigenvalue weighted by molar-refractivity contribution is 7.12. The lowest BCUT2D eigenvalue weighted by atomic mass is 9.79. The molecule has 1 fully saturated rings. The van der Waals surface area contributed by atoms with Crippen LogP contribution in [0.3, 0.4) is 0 Å². The largest absolute Gasteiger partial charge is 0.514 e. The Kier molecular flexibility index (Phi) is 6.53. The molecule has 3 aromatic rings. The zero-order chi connectivity index (χ0) is 32.1. The van der Waals surface area contributed by atoms with Crippen molar-refractivity contribution in [3.63, 3.8) is 0 Å². The summed E-state index contributed by atoms with van der Waals surface area (Å²) in [5.74, 6) is -5.52. The topological polar surface area (TPSA) is 99.1 Å². The number of benzene rings is 1. The van der Waals surface area contributed by atoms with Gasteiger partial charge in [-0.25, -0.2) is 22.6 Å². The van der Waals surface area contributed by atoms with E-state index in [2.05, 4.69) is 18.4 Å². The maximum Gasteiger partial charge on any atom is 0.514 e. The Morgan fingerprint density at radius 1 is 1.24 bits per heavy atom. The number of alkyl halides is 2. The number of allylic oxidation sites excluding steroid dienone is 4. The molecule has 0 spiro atoms. The molecule has 2 aliphatic heterocycles. The molecule has 3 aliphatic carbocycles. The number of halogens is 3. The van der Waals surface area contributed by atoms with Crippen molar-refractivity contribution in [2.75, 3.05) is 31.8 Å². The fraction of sp³-hybridized carbons (Fsp3) is 0.364. The molecule has 9 nitrogen and oxygen atoms in total. The van der Waals surface area contributed by atoms with Crippen LogP contribution in [0.25, 0.3) is 28.0 Å². The van der Waals surface area contributed by atoms with E-state index < -0.39 is 53.1 Å². The van der Waals surface area contributed by atoms with Gasteiger partial charge in [-0.3, -0.25) is 9.59 Å². The molecule has 46 heavy (non-hydrogen) atoms. The highest BCUT2D eigenvalue weighted by Gasteiger charge is 2.47. The first-order valence-corrected chi connectivity index (χ1v) is 16.0. The Balaban J connectivity index is 1.43. The van der Waals surface area contributed by atoms with E-state index in [0.717, 1.165) is 28.2 Å². The van der Waals surface area contributed by atoms with E-state index in [1.165, 1.54) is 20.9 Å². The molecule has 1 aromatic carbocycles. The number of hydrogen-bond donors (Lipinski definition) is 1. The minimum absolute atomic E-state index is 0.0296. The molecule has 4 heterocycles. The minimum Gasteiger partial charge on any atom is -0.434 e. The molecule has 1 amide bonds. The van der Waals surface area contributed by atoms with Gasteiger partial charge >= 0.3 is 6.16 Å². The zero-order valence-electron chi connectivity index (χ0n) is 24.9. The lowest BCUT2D eigenvalue weighted by Crippen LogP contribution is -2.59. The van der Waals surface area contributed by atoms with Crippen LogP contribution in [0, 0.1) is 11.7 Å². The van der Waals surface area contributed by atoms with Crippen LogP contribution >= 0.6 is 11.3 Å². The Bertz CT molecular complexity index is 2000. The quantitative estimate of drug-likeness (QED) is 0.356.